The second-order valence-corrected chi connectivity index (χ2v) is 10.5. The van der Waals surface area contributed by atoms with Gasteiger partial charge in [0.1, 0.15) is 5.82 Å². The first-order chi connectivity index (χ1) is 15.3. The van der Waals surface area contributed by atoms with Crippen LogP contribution in [-0.4, -0.2) is 81.0 Å². The molecule has 2 bridgehead atoms. The fourth-order valence-corrected chi connectivity index (χ4v) is 5.47. The maximum Gasteiger partial charge on any atom is 0.242 e. The van der Waals surface area contributed by atoms with Gasteiger partial charge in [-0.05, 0) is 42.0 Å². The molecular formula is C23H27FN4O3S. The summed E-state index contributed by atoms with van der Waals surface area (Å²) >= 11 is 0. The lowest BCUT2D eigenvalue weighted by Crippen LogP contribution is -2.59. The Hall–Kier alpha value is -2.35. The van der Waals surface area contributed by atoms with Crippen molar-refractivity contribution < 1.29 is 17.5 Å². The van der Waals surface area contributed by atoms with Crippen LogP contribution >= 0.6 is 0 Å². The van der Waals surface area contributed by atoms with E-state index in [4.69, 9.17) is 10.00 Å². The van der Waals surface area contributed by atoms with Gasteiger partial charge in [0.25, 0.3) is 0 Å². The van der Waals surface area contributed by atoms with Crippen molar-refractivity contribution in [2.24, 2.45) is 0 Å². The normalized spacial score (nSPS) is 22.1. The second kappa shape index (κ2) is 9.65. The molecule has 9 heteroatoms. The Morgan fingerprint density at radius 3 is 2.22 bits per heavy atom. The van der Waals surface area contributed by atoms with E-state index in [-0.39, 0.29) is 22.9 Å². The third kappa shape index (κ3) is 5.34. The van der Waals surface area contributed by atoms with E-state index in [1.165, 1.54) is 40.7 Å². The topological polar surface area (TPSA) is 76.9 Å². The monoisotopic (exact) mass is 458 g/mol. The third-order valence-electron chi connectivity index (χ3n) is 5.97. The van der Waals surface area contributed by atoms with Crippen LogP contribution in [0.1, 0.15) is 11.1 Å². The van der Waals surface area contributed by atoms with E-state index in [1.807, 2.05) is 18.2 Å². The average Bonchev–Trinajstić information content (AvgIpc) is 2.78. The van der Waals surface area contributed by atoms with Crippen LogP contribution in [0.15, 0.2) is 53.4 Å². The molecule has 0 spiro atoms. The van der Waals surface area contributed by atoms with Gasteiger partial charge in [0.2, 0.25) is 10.0 Å². The first-order valence-electron chi connectivity index (χ1n) is 10.6. The number of nitrogens with zero attached hydrogens (tertiary/aromatic N) is 4. The molecule has 0 radical (unpaired) electrons. The first kappa shape index (κ1) is 22.8. The lowest BCUT2D eigenvalue weighted by atomic mass is 10.1. The summed E-state index contributed by atoms with van der Waals surface area (Å²) in [5, 5.41) is 8.89. The predicted molar refractivity (Wildman–Crippen MR) is 118 cm³/mol. The summed E-state index contributed by atoms with van der Waals surface area (Å²) in [6.45, 7) is 4.86. The molecule has 2 aliphatic rings. The van der Waals surface area contributed by atoms with Crippen LogP contribution in [0.25, 0.3) is 0 Å². The van der Waals surface area contributed by atoms with Gasteiger partial charge in [-0.15, -0.1) is 0 Å². The maximum absolute atomic E-state index is 13.1. The third-order valence-corrected chi connectivity index (χ3v) is 7.85. The lowest BCUT2D eigenvalue weighted by Gasteiger charge is -2.46. The number of benzene rings is 2. The summed E-state index contributed by atoms with van der Waals surface area (Å²) in [5.41, 5.74) is 1.51. The summed E-state index contributed by atoms with van der Waals surface area (Å²) in [5.74, 6) is -0.227. The lowest BCUT2D eigenvalue weighted by molar-refractivity contribution is -0.140. The fraction of sp³-hybridized carbons (Fsp3) is 0.435. The van der Waals surface area contributed by atoms with Gasteiger partial charge in [-0.25, -0.2) is 12.8 Å². The Kier molecular flexibility index (Phi) is 6.88. The van der Waals surface area contributed by atoms with Crippen LogP contribution in [0.3, 0.4) is 0 Å². The number of morpholine rings is 2. The number of rotatable bonds is 7. The highest BCUT2D eigenvalue weighted by Gasteiger charge is 2.35. The molecule has 0 aromatic heterocycles. The predicted octanol–water partition coefficient (Wildman–Crippen LogP) is 1.90. The van der Waals surface area contributed by atoms with E-state index >= 15 is 0 Å². The van der Waals surface area contributed by atoms with Crippen LogP contribution in [0, 0.1) is 17.1 Å². The zero-order chi connectivity index (χ0) is 22.7. The van der Waals surface area contributed by atoms with Crippen molar-refractivity contribution in [3.8, 4) is 6.07 Å². The van der Waals surface area contributed by atoms with Gasteiger partial charge in [0, 0.05) is 52.9 Å². The number of nitriles is 1. The maximum atomic E-state index is 13.1. The first-order valence-corrected chi connectivity index (χ1v) is 12.1. The molecule has 2 heterocycles. The molecule has 2 aromatic rings. The van der Waals surface area contributed by atoms with E-state index in [9.17, 15) is 12.8 Å². The highest BCUT2D eigenvalue weighted by Crippen LogP contribution is 2.21. The van der Waals surface area contributed by atoms with Gasteiger partial charge in [0.05, 0.1) is 28.7 Å². The van der Waals surface area contributed by atoms with Crippen molar-refractivity contribution in [1.29, 1.82) is 5.26 Å². The molecule has 2 atom stereocenters. The summed E-state index contributed by atoms with van der Waals surface area (Å²) in [6, 6.07) is 14.6. The van der Waals surface area contributed by atoms with Crippen molar-refractivity contribution in [3.63, 3.8) is 0 Å². The van der Waals surface area contributed by atoms with Crippen molar-refractivity contribution in [1.82, 2.24) is 14.1 Å². The molecule has 2 aliphatic heterocycles. The fourth-order valence-electron chi connectivity index (χ4n) is 4.30. The summed E-state index contributed by atoms with van der Waals surface area (Å²) < 4.78 is 46.2. The Morgan fingerprint density at radius 2 is 1.62 bits per heavy atom. The van der Waals surface area contributed by atoms with Crippen LogP contribution in [0.5, 0.6) is 0 Å². The molecule has 170 valence electrons. The standard InChI is InChI=1S/C23H27FN4O3S/c1-26(32(29,30)23-8-4-18(12-25)5-9-23)10-11-27-14-21-16-28(17-22(15-27)31-21)13-19-2-6-20(24)7-3-19/h2-9,21-22H,10-11,13-17H2,1H3. The number of hydrogen-bond donors (Lipinski definition) is 0. The van der Waals surface area contributed by atoms with Crippen molar-refractivity contribution in [2.45, 2.75) is 23.6 Å². The van der Waals surface area contributed by atoms with Gasteiger partial charge in [-0.1, -0.05) is 12.1 Å². The molecule has 4 rings (SSSR count). The number of ether oxygens (including phenoxy) is 1. The highest BCUT2D eigenvalue weighted by atomic mass is 32.2. The number of hydrogen-bond acceptors (Lipinski definition) is 6. The number of sulfonamides is 1. The Bertz CT molecular complexity index is 1060. The van der Waals surface area contributed by atoms with E-state index in [2.05, 4.69) is 9.80 Å². The molecule has 2 unspecified atom stereocenters. The molecule has 2 fully saturated rings. The smallest absolute Gasteiger partial charge is 0.242 e. The quantitative estimate of drug-likeness (QED) is 0.631. The summed E-state index contributed by atoms with van der Waals surface area (Å²) in [4.78, 5) is 4.79. The van der Waals surface area contributed by atoms with Gasteiger partial charge < -0.3 is 4.74 Å². The van der Waals surface area contributed by atoms with Crippen LogP contribution in [0.4, 0.5) is 4.39 Å². The SMILES string of the molecule is CN(CCN1CC2CN(Cc3ccc(F)cc3)CC(C1)O2)S(=O)(=O)c1ccc(C#N)cc1. The molecule has 7 nitrogen and oxygen atoms in total. The Morgan fingerprint density at radius 1 is 1.03 bits per heavy atom. The van der Waals surface area contributed by atoms with Gasteiger partial charge in [0.15, 0.2) is 0 Å². The van der Waals surface area contributed by atoms with E-state index in [0.29, 0.717) is 18.7 Å². The summed E-state index contributed by atoms with van der Waals surface area (Å²) in [6.07, 6.45) is 0.145. The summed E-state index contributed by atoms with van der Waals surface area (Å²) in [7, 11) is -2.02. The molecule has 0 amide bonds. The number of fused-ring (bicyclic) bond motifs is 2. The van der Waals surface area contributed by atoms with E-state index in [1.54, 1.807) is 7.05 Å². The Balaban J connectivity index is 1.29. The minimum atomic E-state index is -3.60. The number of halogens is 1. The minimum Gasteiger partial charge on any atom is -0.370 e. The molecule has 2 aromatic carbocycles. The van der Waals surface area contributed by atoms with E-state index in [0.717, 1.165) is 38.3 Å². The minimum absolute atomic E-state index is 0.0726. The molecule has 0 aliphatic carbocycles. The second-order valence-electron chi connectivity index (χ2n) is 8.42. The average molecular weight is 459 g/mol. The zero-order valence-corrected chi connectivity index (χ0v) is 18.8. The van der Waals surface area contributed by atoms with Crippen LogP contribution in [-0.2, 0) is 21.3 Å². The van der Waals surface area contributed by atoms with Crippen molar-refractivity contribution >= 4 is 10.0 Å². The molecular weight excluding hydrogens is 431 g/mol. The van der Waals surface area contributed by atoms with Crippen molar-refractivity contribution in [3.05, 3.63) is 65.5 Å². The van der Waals surface area contributed by atoms with E-state index < -0.39 is 10.0 Å². The molecule has 0 N–H and O–H groups in total. The Labute approximate surface area is 188 Å². The van der Waals surface area contributed by atoms with Gasteiger partial charge >= 0.3 is 0 Å². The zero-order valence-electron chi connectivity index (χ0n) is 18.0. The largest absolute Gasteiger partial charge is 0.370 e. The highest BCUT2D eigenvalue weighted by molar-refractivity contribution is 7.89. The molecule has 2 saturated heterocycles. The van der Waals surface area contributed by atoms with Crippen molar-refractivity contribution in [2.75, 3.05) is 46.3 Å². The van der Waals surface area contributed by atoms with Crippen LogP contribution < -0.4 is 0 Å². The number of likely N-dealkylation sites (N-methyl/N-ethyl adjacent to an activating group) is 1. The van der Waals surface area contributed by atoms with Gasteiger partial charge in [-0.3, -0.25) is 9.80 Å². The van der Waals surface area contributed by atoms with Crippen LogP contribution in [0.2, 0.25) is 0 Å². The molecule has 32 heavy (non-hydrogen) atoms. The molecule has 0 saturated carbocycles. The van der Waals surface area contributed by atoms with Gasteiger partial charge in [-0.2, -0.15) is 9.57 Å².